The van der Waals surface area contributed by atoms with E-state index < -0.39 is 0 Å². The van der Waals surface area contributed by atoms with Gasteiger partial charge in [0.2, 0.25) is 0 Å². The van der Waals surface area contributed by atoms with E-state index in [0.29, 0.717) is 10.8 Å². The van der Waals surface area contributed by atoms with Crippen LogP contribution in [0.4, 0.5) is 0 Å². The van der Waals surface area contributed by atoms with Gasteiger partial charge in [-0.15, -0.1) is 0 Å². The lowest BCUT2D eigenvalue weighted by atomic mass is 9.93. The van der Waals surface area contributed by atoms with Gasteiger partial charge in [-0.1, -0.05) is 54.6 Å². The van der Waals surface area contributed by atoms with E-state index in [2.05, 4.69) is 17.0 Å². The maximum atomic E-state index is 10.9. The Morgan fingerprint density at radius 3 is 2.25 bits per heavy atom. The molecule has 0 aliphatic carbocycles. The second-order valence-corrected chi connectivity index (χ2v) is 6.43. The van der Waals surface area contributed by atoms with Gasteiger partial charge >= 0.3 is 0 Å². The van der Waals surface area contributed by atoms with Crippen molar-refractivity contribution in [2.24, 2.45) is 0 Å². The average molecular weight is 319 g/mol. The van der Waals surface area contributed by atoms with Crippen molar-refractivity contribution in [3.63, 3.8) is 0 Å². The molecule has 0 bridgehead atoms. The predicted molar refractivity (Wildman–Crippen MR) is 96.4 cm³/mol. The molecular weight excluding hydrogens is 298 g/mol. The van der Waals surface area contributed by atoms with Crippen molar-refractivity contribution >= 4 is 10.8 Å². The molecule has 0 aromatic heterocycles. The fourth-order valence-corrected chi connectivity index (χ4v) is 3.79. The molecule has 24 heavy (non-hydrogen) atoms. The van der Waals surface area contributed by atoms with E-state index in [1.54, 1.807) is 12.1 Å². The quantitative estimate of drug-likeness (QED) is 0.750. The molecule has 2 N–H and O–H groups in total. The Kier molecular flexibility index (Phi) is 3.87. The highest BCUT2D eigenvalue weighted by molar-refractivity contribution is 5.93. The summed E-state index contributed by atoms with van der Waals surface area (Å²) in [4.78, 5) is 2.43. The normalized spacial score (nSPS) is 16.5. The van der Waals surface area contributed by atoms with Crippen LogP contribution in [0, 0.1) is 0 Å². The maximum absolute atomic E-state index is 10.9. The van der Waals surface area contributed by atoms with Crippen LogP contribution in [0.1, 0.15) is 30.0 Å². The summed E-state index contributed by atoms with van der Waals surface area (Å²) in [6, 6.07) is 19.5. The van der Waals surface area contributed by atoms with Crippen LogP contribution < -0.4 is 0 Å². The van der Waals surface area contributed by atoms with E-state index in [4.69, 9.17) is 0 Å². The number of aromatic hydroxyl groups is 2. The number of nitrogens with zero attached hydrogens (tertiary/aromatic N) is 1. The zero-order chi connectivity index (χ0) is 16.5. The van der Waals surface area contributed by atoms with Crippen LogP contribution in [0.3, 0.4) is 0 Å². The molecule has 3 nitrogen and oxygen atoms in total. The van der Waals surface area contributed by atoms with Gasteiger partial charge in [0.05, 0.1) is 6.04 Å². The van der Waals surface area contributed by atoms with E-state index in [0.717, 1.165) is 18.7 Å². The lowest BCUT2D eigenvalue weighted by molar-refractivity contribution is 0.276. The summed E-state index contributed by atoms with van der Waals surface area (Å²) >= 11 is 0. The number of likely N-dealkylation sites (tertiary alicyclic amines) is 1. The molecule has 1 unspecified atom stereocenters. The SMILES string of the molecule is Oc1cccc2c(O)c(C(c3ccccc3)N3CCCC3)ccc12. The van der Waals surface area contributed by atoms with Crippen molar-refractivity contribution in [3.8, 4) is 11.5 Å². The van der Waals surface area contributed by atoms with E-state index in [1.807, 2.05) is 36.4 Å². The molecule has 3 aromatic rings. The highest BCUT2D eigenvalue weighted by Crippen LogP contribution is 2.41. The van der Waals surface area contributed by atoms with Gasteiger partial charge in [-0.2, -0.15) is 0 Å². The zero-order valence-corrected chi connectivity index (χ0v) is 13.5. The maximum Gasteiger partial charge on any atom is 0.128 e. The molecule has 1 aliphatic rings. The number of fused-ring (bicyclic) bond motifs is 1. The summed E-state index contributed by atoms with van der Waals surface area (Å²) in [7, 11) is 0. The minimum absolute atomic E-state index is 0.0421. The average Bonchev–Trinajstić information content (AvgIpc) is 3.13. The van der Waals surface area contributed by atoms with E-state index in [1.165, 1.54) is 18.4 Å². The number of rotatable bonds is 3. The van der Waals surface area contributed by atoms with E-state index >= 15 is 0 Å². The Labute approximate surface area is 141 Å². The molecule has 3 aromatic carbocycles. The van der Waals surface area contributed by atoms with Crippen molar-refractivity contribution in [2.45, 2.75) is 18.9 Å². The standard InChI is InChI=1S/C21H21NO2/c23-19-10-6-9-17-16(19)11-12-18(21(17)24)20(22-13-4-5-14-22)15-7-2-1-3-8-15/h1-3,6-12,20,23-24H,4-5,13-14H2. The fraction of sp³-hybridized carbons (Fsp3) is 0.238. The van der Waals surface area contributed by atoms with Gasteiger partial charge in [-0.05, 0) is 37.6 Å². The molecule has 3 heteroatoms. The van der Waals surface area contributed by atoms with Crippen molar-refractivity contribution in [2.75, 3.05) is 13.1 Å². The highest BCUT2D eigenvalue weighted by atomic mass is 16.3. The number of hydrogen-bond donors (Lipinski definition) is 2. The largest absolute Gasteiger partial charge is 0.507 e. The summed E-state index contributed by atoms with van der Waals surface area (Å²) in [6.45, 7) is 2.08. The van der Waals surface area contributed by atoms with Gasteiger partial charge in [0.15, 0.2) is 0 Å². The van der Waals surface area contributed by atoms with Crippen molar-refractivity contribution < 1.29 is 10.2 Å². The van der Waals surface area contributed by atoms with E-state index in [9.17, 15) is 10.2 Å². The summed E-state index contributed by atoms with van der Waals surface area (Å²) in [5.74, 6) is 0.468. The number of phenolic OH excluding ortho intramolecular Hbond substituents is 2. The third kappa shape index (κ3) is 2.51. The molecule has 0 amide bonds. The Balaban J connectivity index is 1.89. The smallest absolute Gasteiger partial charge is 0.128 e. The van der Waals surface area contributed by atoms with Crippen LogP contribution in [0.25, 0.3) is 10.8 Å². The molecule has 122 valence electrons. The van der Waals surface area contributed by atoms with Crippen LogP contribution in [0.15, 0.2) is 60.7 Å². The first-order chi connectivity index (χ1) is 11.8. The molecule has 1 aliphatic heterocycles. The Hall–Kier alpha value is -2.52. The summed E-state index contributed by atoms with van der Waals surface area (Å²) in [5.41, 5.74) is 2.09. The first kappa shape index (κ1) is 15.0. The molecule has 1 heterocycles. The van der Waals surface area contributed by atoms with Crippen LogP contribution in [-0.4, -0.2) is 28.2 Å². The van der Waals surface area contributed by atoms with Gasteiger partial charge in [-0.3, -0.25) is 4.90 Å². The minimum Gasteiger partial charge on any atom is -0.507 e. The molecule has 1 saturated heterocycles. The van der Waals surface area contributed by atoms with Gasteiger partial charge in [0, 0.05) is 16.3 Å². The van der Waals surface area contributed by atoms with Crippen molar-refractivity contribution in [1.29, 1.82) is 0 Å². The third-order valence-electron chi connectivity index (χ3n) is 4.96. The fourth-order valence-electron chi connectivity index (χ4n) is 3.79. The highest BCUT2D eigenvalue weighted by Gasteiger charge is 2.27. The molecule has 4 rings (SSSR count). The second kappa shape index (κ2) is 6.17. The van der Waals surface area contributed by atoms with Gasteiger partial charge in [0.25, 0.3) is 0 Å². The van der Waals surface area contributed by atoms with Crippen LogP contribution in [0.2, 0.25) is 0 Å². The third-order valence-corrected chi connectivity index (χ3v) is 4.96. The molecule has 1 atom stereocenters. The second-order valence-electron chi connectivity index (χ2n) is 6.43. The summed E-state index contributed by atoms with van der Waals surface area (Å²) in [5, 5.41) is 22.3. The Bertz CT molecular complexity index is 854. The lowest BCUT2D eigenvalue weighted by Crippen LogP contribution is -2.26. The topological polar surface area (TPSA) is 43.7 Å². The number of hydrogen-bond acceptors (Lipinski definition) is 3. The van der Waals surface area contributed by atoms with Gasteiger partial charge < -0.3 is 10.2 Å². The monoisotopic (exact) mass is 319 g/mol. The van der Waals surface area contributed by atoms with Crippen molar-refractivity contribution in [1.82, 2.24) is 4.90 Å². The Morgan fingerprint density at radius 2 is 1.50 bits per heavy atom. The molecule has 1 fully saturated rings. The van der Waals surface area contributed by atoms with Gasteiger partial charge in [-0.25, -0.2) is 0 Å². The number of phenols is 2. The van der Waals surface area contributed by atoms with Crippen LogP contribution >= 0.6 is 0 Å². The molecule has 0 saturated carbocycles. The first-order valence-electron chi connectivity index (χ1n) is 8.48. The molecule has 0 spiro atoms. The number of benzene rings is 3. The van der Waals surface area contributed by atoms with Crippen molar-refractivity contribution in [3.05, 3.63) is 71.8 Å². The van der Waals surface area contributed by atoms with Crippen LogP contribution in [-0.2, 0) is 0 Å². The zero-order valence-electron chi connectivity index (χ0n) is 13.5. The summed E-state index contributed by atoms with van der Waals surface area (Å²) in [6.07, 6.45) is 2.39. The Morgan fingerprint density at radius 1 is 0.750 bits per heavy atom. The molecular formula is C21H21NO2. The van der Waals surface area contributed by atoms with Gasteiger partial charge in [0.1, 0.15) is 11.5 Å². The predicted octanol–water partition coefficient (Wildman–Crippen LogP) is 4.44. The molecule has 0 radical (unpaired) electrons. The minimum atomic E-state index is 0.0421. The van der Waals surface area contributed by atoms with Crippen LogP contribution in [0.5, 0.6) is 11.5 Å². The first-order valence-corrected chi connectivity index (χ1v) is 8.48. The van der Waals surface area contributed by atoms with E-state index in [-0.39, 0.29) is 17.5 Å². The lowest BCUT2D eigenvalue weighted by Gasteiger charge is -2.29. The summed E-state index contributed by atoms with van der Waals surface area (Å²) < 4.78 is 0.